The first-order chi connectivity index (χ1) is 13.8. The fourth-order valence-electron chi connectivity index (χ4n) is 3.77. The Bertz CT molecular complexity index is 906. The monoisotopic (exact) mass is 418 g/mol. The number of benzene rings is 4. The Kier molecular flexibility index (Phi) is 7.09. The van der Waals surface area contributed by atoms with E-state index >= 15 is 0 Å². The quantitative estimate of drug-likeness (QED) is 0.436. The maximum absolute atomic E-state index is 5.36. The summed E-state index contributed by atoms with van der Waals surface area (Å²) >= 11 is 0. The molecule has 29 heavy (non-hydrogen) atoms. The van der Waals surface area contributed by atoms with Crippen molar-refractivity contribution in [3.63, 3.8) is 0 Å². The maximum Gasteiger partial charge on any atom is 0.118 e. The molecule has 0 unspecified atom stereocenters. The van der Waals surface area contributed by atoms with Gasteiger partial charge in [0.1, 0.15) is 28.9 Å². The van der Waals surface area contributed by atoms with E-state index in [2.05, 4.69) is 115 Å². The molecule has 0 aliphatic rings. The molecule has 0 aliphatic carbocycles. The number of methoxy groups -OCH3 is 1. The molecule has 146 valence electrons. The predicted octanol–water partition coefficient (Wildman–Crippen LogP) is 2.19. The number of halogens is 1. The third kappa shape index (κ3) is 4.37. The van der Waals surface area contributed by atoms with Gasteiger partial charge in [0.25, 0.3) is 0 Å². The molecule has 4 aromatic carbocycles. The second-order valence-corrected chi connectivity index (χ2v) is 10.3. The van der Waals surface area contributed by atoms with Crippen LogP contribution in [0.25, 0.3) is 0 Å². The smallest absolute Gasteiger partial charge is 0.118 e. The van der Waals surface area contributed by atoms with Gasteiger partial charge in [-0.1, -0.05) is 66.7 Å². The van der Waals surface area contributed by atoms with Gasteiger partial charge in [-0.2, -0.15) is 0 Å². The van der Waals surface area contributed by atoms with Crippen molar-refractivity contribution in [1.29, 1.82) is 0 Å². The summed E-state index contributed by atoms with van der Waals surface area (Å²) in [5.41, 5.74) is 1.32. The molecular weight excluding hydrogens is 395 g/mol. The highest BCUT2D eigenvalue weighted by Gasteiger charge is 2.45. The standard InChI is InChI=1S/C26H24OP.ClH/c1-27-23-19-17-22(18-20-23)21-28(24-11-5-2-6-12-24,25-13-7-3-8-14-25)26-15-9-4-10-16-26;/h2-20H,21H2,1H3;1H/q+1;/p-1. The first kappa shape index (κ1) is 21.1. The summed E-state index contributed by atoms with van der Waals surface area (Å²) < 4.78 is 5.36. The van der Waals surface area contributed by atoms with Crippen LogP contribution in [0.4, 0.5) is 0 Å². The Hall–Kier alpha value is -2.60. The molecule has 3 heteroatoms. The van der Waals surface area contributed by atoms with Gasteiger partial charge in [-0.05, 0) is 54.1 Å². The van der Waals surface area contributed by atoms with Gasteiger partial charge in [0.15, 0.2) is 0 Å². The molecule has 0 aromatic heterocycles. The molecule has 0 saturated carbocycles. The lowest BCUT2D eigenvalue weighted by atomic mass is 10.2. The van der Waals surface area contributed by atoms with Gasteiger partial charge in [0.05, 0.1) is 13.3 Å². The van der Waals surface area contributed by atoms with Gasteiger partial charge < -0.3 is 17.1 Å². The second-order valence-electron chi connectivity index (χ2n) is 6.82. The number of ether oxygens (including phenoxy) is 1. The van der Waals surface area contributed by atoms with E-state index < -0.39 is 7.26 Å². The molecule has 0 amide bonds. The average molecular weight is 419 g/mol. The van der Waals surface area contributed by atoms with Crippen LogP contribution in [0.1, 0.15) is 5.56 Å². The van der Waals surface area contributed by atoms with Crippen LogP contribution in [0.15, 0.2) is 115 Å². The fourth-order valence-corrected chi connectivity index (χ4v) is 8.02. The summed E-state index contributed by atoms with van der Waals surface area (Å²) in [7, 11) is -0.127. The number of rotatable bonds is 6. The largest absolute Gasteiger partial charge is 1.00 e. The molecule has 0 atom stereocenters. The first-order valence-electron chi connectivity index (χ1n) is 9.51. The minimum atomic E-state index is -1.84. The Morgan fingerprint density at radius 3 is 1.28 bits per heavy atom. The predicted molar refractivity (Wildman–Crippen MR) is 122 cm³/mol. The lowest BCUT2D eigenvalue weighted by Crippen LogP contribution is -3.00. The van der Waals surface area contributed by atoms with E-state index in [1.54, 1.807) is 7.11 Å². The lowest BCUT2D eigenvalue weighted by molar-refractivity contribution is -0.00000577. The van der Waals surface area contributed by atoms with Gasteiger partial charge in [0.2, 0.25) is 0 Å². The highest BCUT2D eigenvalue weighted by atomic mass is 35.5. The summed E-state index contributed by atoms with van der Waals surface area (Å²) in [5.74, 6) is 0.895. The summed E-state index contributed by atoms with van der Waals surface area (Å²) in [6.07, 6.45) is 0.981. The van der Waals surface area contributed by atoms with Crippen molar-refractivity contribution >= 4 is 23.2 Å². The van der Waals surface area contributed by atoms with Gasteiger partial charge >= 0.3 is 0 Å². The molecule has 4 aromatic rings. The SMILES string of the molecule is COc1ccc(C[P+](c2ccccc2)(c2ccccc2)c2ccccc2)cc1.[Cl-]. The second kappa shape index (κ2) is 9.74. The first-order valence-corrected chi connectivity index (χ1v) is 11.5. The van der Waals surface area contributed by atoms with Crippen molar-refractivity contribution in [2.45, 2.75) is 6.16 Å². The Labute approximate surface area is 180 Å². The Morgan fingerprint density at radius 1 is 0.552 bits per heavy atom. The van der Waals surface area contributed by atoms with Gasteiger partial charge in [0, 0.05) is 0 Å². The molecule has 0 aliphatic heterocycles. The average Bonchev–Trinajstić information content (AvgIpc) is 2.80. The van der Waals surface area contributed by atoms with E-state index in [-0.39, 0.29) is 12.4 Å². The minimum absolute atomic E-state index is 0. The highest BCUT2D eigenvalue weighted by Crippen LogP contribution is 2.58. The van der Waals surface area contributed by atoms with Gasteiger partial charge in [-0.15, -0.1) is 0 Å². The maximum atomic E-state index is 5.36. The van der Waals surface area contributed by atoms with Crippen molar-refractivity contribution in [2.24, 2.45) is 0 Å². The van der Waals surface area contributed by atoms with Crippen molar-refractivity contribution < 1.29 is 17.1 Å². The van der Waals surface area contributed by atoms with Crippen molar-refractivity contribution in [3.05, 3.63) is 121 Å². The summed E-state index contributed by atoms with van der Waals surface area (Å²) in [5, 5.41) is 4.22. The minimum Gasteiger partial charge on any atom is -1.00 e. The van der Waals surface area contributed by atoms with Crippen LogP contribution in [0.2, 0.25) is 0 Å². The molecule has 0 N–H and O–H groups in total. The molecule has 0 heterocycles. The van der Waals surface area contributed by atoms with Crippen molar-refractivity contribution in [3.8, 4) is 5.75 Å². The summed E-state index contributed by atoms with van der Waals surface area (Å²) in [4.78, 5) is 0. The van der Waals surface area contributed by atoms with Crippen molar-refractivity contribution in [2.75, 3.05) is 7.11 Å². The number of hydrogen-bond acceptors (Lipinski definition) is 1. The van der Waals surface area contributed by atoms with Gasteiger partial charge in [-0.25, -0.2) is 0 Å². The molecule has 4 rings (SSSR count). The van der Waals surface area contributed by atoms with Crippen LogP contribution in [-0.2, 0) is 6.16 Å². The topological polar surface area (TPSA) is 9.23 Å². The van der Waals surface area contributed by atoms with Crippen LogP contribution < -0.4 is 33.1 Å². The number of hydrogen-bond donors (Lipinski definition) is 0. The summed E-state index contributed by atoms with van der Waals surface area (Å²) in [6, 6.07) is 41.5. The Balaban J connectivity index is 0.00000240. The van der Waals surface area contributed by atoms with E-state index in [0.29, 0.717) is 0 Å². The van der Waals surface area contributed by atoms with Crippen LogP contribution in [0.5, 0.6) is 5.75 Å². The van der Waals surface area contributed by atoms with E-state index in [4.69, 9.17) is 4.74 Å². The third-order valence-corrected chi connectivity index (χ3v) is 9.55. The lowest BCUT2D eigenvalue weighted by Gasteiger charge is -2.27. The third-order valence-electron chi connectivity index (χ3n) is 5.17. The van der Waals surface area contributed by atoms with Crippen molar-refractivity contribution in [1.82, 2.24) is 0 Å². The van der Waals surface area contributed by atoms with E-state index in [9.17, 15) is 0 Å². The highest BCUT2D eigenvalue weighted by molar-refractivity contribution is 7.95. The Morgan fingerprint density at radius 2 is 0.931 bits per heavy atom. The van der Waals surface area contributed by atoms with E-state index in [1.165, 1.54) is 21.5 Å². The molecule has 0 radical (unpaired) electrons. The molecular formula is C26H24ClOP. The zero-order valence-corrected chi connectivity index (χ0v) is 18.1. The zero-order chi connectivity index (χ0) is 19.2. The van der Waals surface area contributed by atoms with E-state index in [1.807, 2.05) is 0 Å². The molecule has 0 bridgehead atoms. The van der Waals surface area contributed by atoms with Crippen LogP contribution in [0, 0.1) is 0 Å². The summed E-state index contributed by atoms with van der Waals surface area (Å²) in [6.45, 7) is 0. The molecule has 0 spiro atoms. The molecule has 0 fully saturated rings. The normalized spacial score (nSPS) is 10.8. The van der Waals surface area contributed by atoms with Crippen LogP contribution in [-0.4, -0.2) is 7.11 Å². The van der Waals surface area contributed by atoms with Crippen LogP contribution in [0.3, 0.4) is 0 Å². The zero-order valence-electron chi connectivity index (χ0n) is 16.4. The van der Waals surface area contributed by atoms with Gasteiger partial charge in [-0.3, -0.25) is 0 Å². The fraction of sp³-hybridized carbons (Fsp3) is 0.0769. The molecule has 1 nitrogen and oxygen atoms in total. The molecule has 0 saturated heterocycles. The van der Waals surface area contributed by atoms with Crippen LogP contribution >= 0.6 is 7.26 Å². The van der Waals surface area contributed by atoms with E-state index in [0.717, 1.165) is 11.9 Å².